The Bertz CT molecular complexity index is 625. The third-order valence-corrected chi connectivity index (χ3v) is 3.42. The molecule has 1 aromatic heterocycles. The summed E-state index contributed by atoms with van der Waals surface area (Å²) in [5, 5.41) is 6.46. The summed E-state index contributed by atoms with van der Waals surface area (Å²) in [4.78, 5) is 8.77. The van der Waals surface area contributed by atoms with E-state index >= 15 is 0 Å². The van der Waals surface area contributed by atoms with Crippen LogP contribution in [-0.4, -0.2) is 30.6 Å². The molecule has 0 aliphatic carbocycles. The monoisotopic (exact) mass is 504 g/mol. The summed E-state index contributed by atoms with van der Waals surface area (Å²) in [5.41, 5.74) is 0.940. The lowest BCUT2D eigenvalue weighted by atomic mass is 10.3. The van der Waals surface area contributed by atoms with Gasteiger partial charge < -0.3 is 15.4 Å². The standard InChI is InChI=1S/C17H21BrN4O.HI/c1-2-19-17(22-13-15-7-3-4-9-20-15)21-10-11-23-16-8-5-6-14(18)12-16;/h3-9,12H,2,10-11,13H2,1H3,(H2,19,21,22);1H. The van der Waals surface area contributed by atoms with Crippen molar-refractivity contribution in [3.63, 3.8) is 0 Å². The van der Waals surface area contributed by atoms with Gasteiger partial charge in [-0.05, 0) is 37.3 Å². The summed E-state index contributed by atoms with van der Waals surface area (Å²) in [5.74, 6) is 1.60. The summed E-state index contributed by atoms with van der Waals surface area (Å²) in [7, 11) is 0. The number of nitrogens with one attached hydrogen (secondary N) is 2. The Labute approximate surface area is 168 Å². The van der Waals surface area contributed by atoms with Crippen molar-refractivity contribution < 1.29 is 4.74 Å². The second-order valence-corrected chi connectivity index (χ2v) is 5.66. The molecular formula is C17H22BrIN4O. The molecule has 0 radical (unpaired) electrons. The first kappa shape index (κ1) is 20.7. The van der Waals surface area contributed by atoms with E-state index < -0.39 is 0 Å². The SMILES string of the molecule is CCNC(=NCc1ccccn1)NCCOc1cccc(Br)c1.I. The number of ether oxygens (including phenoxy) is 1. The molecule has 0 saturated heterocycles. The molecule has 2 aromatic rings. The van der Waals surface area contributed by atoms with Crippen LogP contribution in [0.15, 0.2) is 58.1 Å². The van der Waals surface area contributed by atoms with Crippen LogP contribution in [0.25, 0.3) is 0 Å². The van der Waals surface area contributed by atoms with Crippen molar-refractivity contribution >= 4 is 45.9 Å². The first-order valence-corrected chi connectivity index (χ1v) is 8.37. The summed E-state index contributed by atoms with van der Waals surface area (Å²) in [6.07, 6.45) is 1.77. The lowest BCUT2D eigenvalue weighted by Gasteiger charge is -2.12. The number of hydrogen-bond donors (Lipinski definition) is 2. The number of pyridine rings is 1. The minimum absolute atomic E-state index is 0. The van der Waals surface area contributed by atoms with E-state index in [0.717, 1.165) is 28.4 Å². The summed E-state index contributed by atoms with van der Waals surface area (Å²) < 4.78 is 6.70. The molecule has 2 rings (SSSR count). The lowest BCUT2D eigenvalue weighted by Crippen LogP contribution is -2.39. The minimum atomic E-state index is 0. The summed E-state index contributed by atoms with van der Waals surface area (Å²) in [6.45, 7) is 4.62. The number of rotatable bonds is 7. The molecule has 0 amide bonds. The zero-order chi connectivity index (χ0) is 16.3. The fraction of sp³-hybridized carbons (Fsp3) is 0.294. The van der Waals surface area contributed by atoms with Crippen LogP contribution in [0.5, 0.6) is 5.75 Å². The largest absolute Gasteiger partial charge is 0.492 e. The van der Waals surface area contributed by atoms with Gasteiger partial charge in [0.15, 0.2) is 5.96 Å². The minimum Gasteiger partial charge on any atom is -0.492 e. The van der Waals surface area contributed by atoms with Crippen molar-refractivity contribution in [3.05, 3.63) is 58.8 Å². The van der Waals surface area contributed by atoms with Gasteiger partial charge in [0, 0.05) is 17.2 Å². The van der Waals surface area contributed by atoms with Gasteiger partial charge in [0.1, 0.15) is 12.4 Å². The van der Waals surface area contributed by atoms with E-state index in [2.05, 4.69) is 36.5 Å². The lowest BCUT2D eigenvalue weighted by molar-refractivity contribution is 0.321. The van der Waals surface area contributed by atoms with Gasteiger partial charge in [0.25, 0.3) is 0 Å². The summed E-state index contributed by atoms with van der Waals surface area (Å²) >= 11 is 3.43. The van der Waals surface area contributed by atoms with Crippen LogP contribution < -0.4 is 15.4 Å². The fourth-order valence-electron chi connectivity index (χ4n) is 1.89. The number of benzene rings is 1. The molecule has 0 aliphatic heterocycles. The Morgan fingerprint density at radius 2 is 2.08 bits per heavy atom. The third-order valence-electron chi connectivity index (χ3n) is 2.93. The highest BCUT2D eigenvalue weighted by molar-refractivity contribution is 14.0. The number of hydrogen-bond acceptors (Lipinski definition) is 3. The Morgan fingerprint density at radius 3 is 2.79 bits per heavy atom. The van der Waals surface area contributed by atoms with Crippen molar-refractivity contribution in [2.24, 2.45) is 4.99 Å². The molecule has 2 N–H and O–H groups in total. The van der Waals surface area contributed by atoms with Crippen LogP contribution in [0.3, 0.4) is 0 Å². The zero-order valence-corrected chi connectivity index (χ0v) is 17.5. The van der Waals surface area contributed by atoms with Crippen LogP contribution in [0.4, 0.5) is 0 Å². The van der Waals surface area contributed by atoms with E-state index in [1.807, 2.05) is 49.4 Å². The van der Waals surface area contributed by atoms with Gasteiger partial charge in [-0.15, -0.1) is 24.0 Å². The van der Waals surface area contributed by atoms with Crippen molar-refractivity contribution in [2.45, 2.75) is 13.5 Å². The van der Waals surface area contributed by atoms with Crippen LogP contribution in [-0.2, 0) is 6.54 Å². The predicted octanol–water partition coefficient (Wildman–Crippen LogP) is 3.60. The van der Waals surface area contributed by atoms with E-state index in [0.29, 0.717) is 19.7 Å². The normalized spacial score (nSPS) is 10.7. The number of nitrogens with zero attached hydrogens (tertiary/aromatic N) is 2. The van der Waals surface area contributed by atoms with E-state index in [1.54, 1.807) is 6.20 Å². The van der Waals surface area contributed by atoms with Gasteiger partial charge in [-0.2, -0.15) is 0 Å². The van der Waals surface area contributed by atoms with E-state index in [-0.39, 0.29) is 24.0 Å². The highest BCUT2D eigenvalue weighted by Crippen LogP contribution is 2.17. The maximum absolute atomic E-state index is 5.69. The Morgan fingerprint density at radius 1 is 1.21 bits per heavy atom. The van der Waals surface area contributed by atoms with Crippen molar-refractivity contribution in [3.8, 4) is 5.75 Å². The molecule has 0 unspecified atom stereocenters. The number of halogens is 2. The molecular weight excluding hydrogens is 483 g/mol. The third kappa shape index (κ3) is 7.96. The van der Waals surface area contributed by atoms with E-state index in [9.17, 15) is 0 Å². The highest BCUT2D eigenvalue weighted by Gasteiger charge is 1.99. The van der Waals surface area contributed by atoms with Gasteiger partial charge in [-0.3, -0.25) is 4.98 Å². The Kier molecular flexibility index (Phi) is 10.4. The molecule has 1 heterocycles. The second kappa shape index (κ2) is 12.1. The van der Waals surface area contributed by atoms with Gasteiger partial charge in [0.05, 0.1) is 18.8 Å². The predicted molar refractivity (Wildman–Crippen MR) is 112 cm³/mol. The van der Waals surface area contributed by atoms with Gasteiger partial charge in [-0.1, -0.05) is 28.1 Å². The maximum Gasteiger partial charge on any atom is 0.191 e. The van der Waals surface area contributed by atoms with Crippen molar-refractivity contribution in [1.82, 2.24) is 15.6 Å². The molecule has 1 aromatic carbocycles. The second-order valence-electron chi connectivity index (χ2n) is 4.75. The first-order valence-electron chi connectivity index (χ1n) is 7.58. The number of aliphatic imine (C=N–C) groups is 1. The van der Waals surface area contributed by atoms with E-state index in [1.165, 1.54) is 0 Å². The number of aromatic nitrogens is 1. The summed E-state index contributed by atoms with van der Waals surface area (Å²) in [6, 6.07) is 13.6. The van der Waals surface area contributed by atoms with Crippen LogP contribution in [0, 0.1) is 0 Å². The Balaban J connectivity index is 0.00000288. The van der Waals surface area contributed by atoms with Crippen LogP contribution in [0.1, 0.15) is 12.6 Å². The van der Waals surface area contributed by atoms with Gasteiger partial charge >= 0.3 is 0 Å². The van der Waals surface area contributed by atoms with Gasteiger partial charge in [0.2, 0.25) is 0 Å². The molecule has 0 saturated carbocycles. The van der Waals surface area contributed by atoms with Gasteiger partial charge in [-0.25, -0.2) is 4.99 Å². The molecule has 5 nitrogen and oxygen atoms in total. The molecule has 130 valence electrons. The zero-order valence-electron chi connectivity index (χ0n) is 13.5. The van der Waals surface area contributed by atoms with Crippen LogP contribution in [0.2, 0.25) is 0 Å². The average molecular weight is 505 g/mol. The van der Waals surface area contributed by atoms with Crippen LogP contribution >= 0.6 is 39.9 Å². The molecule has 0 bridgehead atoms. The molecule has 0 spiro atoms. The van der Waals surface area contributed by atoms with Crippen molar-refractivity contribution in [2.75, 3.05) is 19.7 Å². The quantitative estimate of drug-likeness (QED) is 0.262. The number of guanidine groups is 1. The fourth-order valence-corrected chi connectivity index (χ4v) is 2.27. The highest BCUT2D eigenvalue weighted by atomic mass is 127. The Hall–Kier alpha value is -1.35. The molecule has 0 atom stereocenters. The molecule has 0 aliphatic rings. The average Bonchev–Trinajstić information content (AvgIpc) is 2.57. The topological polar surface area (TPSA) is 58.5 Å². The maximum atomic E-state index is 5.69. The smallest absolute Gasteiger partial charge is 0.191 e. The first-order chi connectivity index (χ1) is 11.3. The molecule has 24 heavy (non-hydrogen) atoms. The molecule has 0 fully saturated rings. The van der Waals surface area contributed by atoms with Crippen molar-refractivity contribution in [1.29, 1.82) is 0 Å². The molecule has 7 heteroatoms. The van der Waals surface area contributed by atoms with E-state index in [4.69, 9.17) is 4.74 Å².